The van der Waals surface area contributed by atoms with Crippen molar-refractivity contribution >= 4 is 5.91 Å². The number of piperidine rings is 1. The number of carbonyl (C=O) groups excluding carboxylic acids is 1. The highest BCUT2D eigenvalue weighted by Crippen LogP contribution is 2.39. The molecule has 1 N–H and O–H groups in total. The quantitative estimate of drug-likeness (QED) is 0.795. The van der Waals surface area contributed by atoms with Crippen LogP contribution in [0.5, 0.6) is 0 Å². The molecule has 0 spiro atoms. The SMILES string of the molecule is CC1(C)CC(N2CCCCCC2=O)CC(C)(C)N1O. The zero-order valence-corrected chi connectivity index (χ0v) is 12.8. The predicted molar refractivity (Wildman–Crippen MR) is 75.0 cm³/mol. The van der Waals surface area contributed by atoms with E-state index in [1.54, 1.807) is 0 Å². The minimum Gasteiger partial charge on any atom is -0.340 e. The lowest BCUT2D eigenvalue weighted by molar-refractivity contribution is -0.251. The summed E-state index contributed by atoms with van der Waals surface area (Å²) in [5, 5.41) is 11.8. The topological polar surface area (TPSA) is 43.8 Å². The molecule has 2 rings (SSSR count). The Balaban J connectivity index is 2.18. The summed E-state index contributed by atoms with van der Waals surface area (Å²) in [5.41, 5.74) is -0.558. The van der Waals surface area contributed by atoms with Crippen molar-refractivity contribution in [2.75, 3.05) is 6.54 Å². The molecule has 2 saturated heterocycles. The first kappa shape index (κ1) is 14.8. The summed E-state index contributed by atoms with van der Waals surface area (Å²) in [6.45, 7) is 9.12. The largest absolute Gasteiger partial charge is 0.340 e. The number of nitrogens with zero attached hydrogens (tertiary/aromatic N) is 2. The Labute approximate surface area is 116 Å². The van der Waals surface area contributed by atoms with E-state index in [1.807, 2.05) is 0 Å². The van der Waals surface area contributed by atoms with Gasteiger partial charge in [-0.05, 0) is 53.4 Å². The van der Waals surface area contributed by atoms with Crippen molar-refractivity contribution in [2.24, 2.45) is 0 Å². The molecule has 2 fully saturated rings. The van der Waals surface area contributed by atoms with Crippen LogP contribution in [-0.4, -0.2) is 44.7 Å². The third-order valence-electron chi connectivity index (χ3n) is 4.67. The normalized spacial score (nSPS) is 29.3. The van der Waals surface area contributed by atoms with Gasteiger partial charge in [0.15, 0.2) is 0 Å². The maximum absolute atomic E-state index is 12.3. The summed E-state index contributed by atoms with van der Waals surface area (Å²) in [6, 6.07) is 0.263. The van der Waals surface area contributed by atoms with Crippen molar-refractivity contribution in [3.05, 3.63) is 0 Å². The first-order valence-corrected chi connectivity index (χ1v) is 7.53. The van der Waals surface area contributed by atoms with Gasteiger partial charge < -0.3 is 10.1 Å². The fraction of sp³-hybridized carbons (Fsp3) is 0.933. The van der Waals surface area contributed by atoms with Crippen LogP contribution in [0.3, 0.4) is 0 Å². The minimum atomic E-state index is -0.279. The molecule has 4 heteroatoms. The molecule has 2 heterocycles. The second-order valence-corrected chi connectivity index (χ2v) is 7.40. The molecule has 2 aliphatic rings. The van der Waals surface area contributed by atoms with Gasteiger partial charge in [-0.3, -0.25) is 4.79 Å². The first-order chi connectivity index (χ1) is 8.74. The molecule has 1 amide bonds. The fourth-order valence-corrected chi connectivity index (χ4v) is 3.83. The molecular weight excluding hydrogens is 240 g/mol. The summed E-state index contributed by atoms with van der Waals surface area (Å²) in [6.07, 6.45) is 5.69. The van der Waals surface area contributed by atoms with E-state index in [1.165, 1.54) is 5.06 Å². The summed E-state index contributed by atoms with van der Waals surface area (Å²) in [5.74, 6) is 0.306. The van der Waals surface area contributed by atoms with Gasteiger partial charge >= 0.3 is 0 Å². The molecule has 0 unspecified atom stereocenters. The van der Waals surface area contributed by atoms with E-state index in [-0.39, 0.29) is 17.1 Å². The summed E-state index contributed by atoms with van der Waals surface area (Å²) in [7, 11) is 0. The van der Waals surface area contributed by atoms with Crippen LogP contribution in [-0.2, 0) is 4.79 Å². The number of carbonyl (C=O) groups is 1. The van der Waals surface area contributed by atoms with E-state index in [9.17, 15) is 10.0 Å². The number of rotatable bonds is 1. The molecule has 110 valence electrons. The third-order valence-corrected chi connectivity index (χ3v) is 4.67. The standard InChI is InChI=1S/C15H28N2O2/c1-14(2)10-12(11-15(3,4)17(14)19)16-9-7-5-6-8-13(16)18/h12,19H,5-11H2,1-4H3. The molecule has 19 heavy (non-hydrogen) atoms. The molecule has 0 aromatic heterocycles. The summed E-state index contributed by atoms with van der Waals surface area (Å²) in [4.78, 5) is 14.4. The lowest BCUT2D eigenvalue weighted by atomic mass is 9.78. The van der Waals surface area contributed by atoms with Crippen LogP contribution in [0.4, 0.5) is 0 Å². The van der Waals surface area contributed by atoms with E-state index in [0.29, 0.717) is 12.3 Å². The maximum atomic E-state index is 12.3. The van der Waals surface area contributed by atoms with E-state index >= 15 is 0 Å². The number of hydrogen-bond donors (Lipinski definition) is 1. The van der Waals surface area contributed by atoms with Gasteiger partial charge in [-0.25, -0.2) is 0 Å². The molecule has 0 atom stereocenters. The second kappa shape index (κ2) is 5.06. The molecule has 0 aromatic carbocycles. The smallest absolute Gasteiger partial charge is 0.222 e. The van der Waals surface area contributed by atoms with Crippen LogP contribution in [0.25, 0.3) is 0 Å². The van der Waals surface area contributed by atoms with E-state index in [0.717, 1.165) is 38.6 Å². The van der Waals surface area contributed by atoms with Gasteiger partial charge in [0.2, 0.25) is 5.91 Å². The molecule has 0 saturated carbocycles. The van der Waals surface area contributed by atoms with Crippen LogP contribution < -0.4 is 0 Å². The molecule has 0 bridgehead atoms. The lowest BCUT2D eigenvalue weighted by Crippen LogP contribution is -2.63. The van der Waals surface area contributed by atoms with Crippen molar-refractivity contribution in [2.45, 2.75) is 83.3 Å². The highest BCUT2D eigenvalue weighted by atomic mass is 16.5. The number of hydroxylamine groups is 2. The average Bonchev–Trinajstić information content (AvgIpc) is 2.50. The number of amides is 1. The van der Waals surface area contributed by atoms with Crippen LogP contribution >= 0.6 is 0 Å². The lowest BCUT2D eigenvalue weighted by Gasteiger charge is -2.53. The molecule has 0 aliphatic carbocycles. The van der Waals surface area contributed by atoms with Crippen molar-refractivity contribution in [1.29, 1.82) is 0 Å². The summed E-state index contributed by atoms with van der Waals surface area (Å²) < 4.78 is 0. The van der Waals surface area contributed by atoms with Gasteiger partial charge in [-0.1, -0.05) is 6.42 Å². The van der Waals surface area contributed by atoms with Gasteiger partial charge in [-0.2, -0.15) is 5.06 Å². The predicted octanol–water partition coefficient (Wildman–Crippen LogP) is 2.80. The zero-order chi connectivity index (χ0) is 14.3. The van der Waals surface area contributed by atoms with Crippen LogP contribution in [0.1, 0.15) is 66.2 Å². The maximum Gasteiger partial charge on any atom is 0.222 e. The number of likely N-dealkylation sites (tertiary alicyclic amines) is 1. The van der Waals surface area contributed by atoms with Crippen molar-refractivity contribution in [1.82, 2.24) is 9.96 Å². The summed E-state index contributed by atoms with van der Waals surface area (Å²) >= 11 is 0. The van der Waals surface area contributed by atoms with E-state index < -0.39 is 0 Å². The van der Waals surface area contributed by atoms with Gasteiger partial charge in [0.1, 0.15) is 0 Å². The van der Waals surface area contributed by atoms with Gasteiger partial charge in [0, 0.05) is 30.1 Å². The molecule has 4 nitrogen and oxygen atoms in total. The Kier molecular flexibility index (Phi) is 3.94. The second-order valence-electron chi connectivity index (χ2n) is 7.40. The van der Waals surface area contributed by atoms with Crippen LogP contribution in [0, 0.1) is 0 Å². The first-order valence-electron chi connectivity index (χ1n) is 7.53. The fourth-order valence-electron chi connectivity index (χ4n) is 3.83. The molecule has 2 aliphatic heterocycles. The van der Waals surface area contributed by atoms with Crippen molar-refractivity contribution in [3.63, 3.8) is 0 Å². The van der Waals surface area contributed by atoms with Gasteiger partial charge in [0.25, 0.3) is 0 Å². The molecule has 0 aromatic rings. The average molecular weight is 268 g/mol. The van der Waals surface area contributed by atoms with Gasteiger partial charge in [0.05, 0.1) is 0 Å². The Morgan fingerprint density at radius 2 is 1.63 bits per heavy atom. The van der Waals surface area contributed by atoms with Crippen molar-refractivity contribution in [3.8, 4) is 0 Å². The zero-order valence-electron chi connectivity index (χ0n) is 12.8. The van der Waals surface area contributed by atoms with E-state index in [4.69, 9.17) is 0 Å². The Morgan fingerprint density at radius 1 is 1.05 bits per heavy atom. The Bertz CT molecular complexity index is 334. The molecular formula is C15H28N2O2. The Hall–Kier alpha value is -0.610. The van der Waals surface area contributed by atoms with Crippen LogP contribution in [0.2, 0.25) is 0 Å². The Morgan fingerprint density at radius 3 is 2.21 bits per heavy atom. The highest BCUT2D eigenvalue weighted by molar-refractivity contribution is 5.76. The highest BCUT2D eigenvalue weighted by Gasteiger charge is 2.47. The van der Waals surface area contributed by atoms with Crippen molar-refractivity contribution < 1.29 is 10.0 Å². The third kappa shape index (κ3) is 2.95. The monoisotopic (exact) mass is 268 g/mol. The van der Waals surface area contributed by atoms with Crippen LogP contribution in [0.15, 0.2) is 0 Å². The van der Waals surface area contributed by atoms with Gasteiger partial charge in [-0.15, -0.1) is 0 Å². The number of hydrogen-bond acceptors (Lipinski definition) is 3. The van der Waals surface area contributed by atoms with E-state index in [2.05, 4.69) is 32.6 Å². The molecule has 0 radical (unpaired) electrons. The minimum absolute atomic E-state index is 0.263.